The van der Waals surface area contributed by atoms with Gasteiger partial charge >= 0.3 is 0 Å². The van der Waals surface area contributed by atoms with Crippen molar-refractivity contribution in [1.29, 1.82) is 0 Å². The van der Waals surface area contributed by atoms with E-state index in [0.717, 1.165) is 0 Å². The minimum absolute atomic E-state index is 0.00611. The van der Waals surface area contributed by atoms with Crippen molar-refractivity contribution in [1.82, 2.24) is 10.0 Å². The van der Waals surface area contributed by atoms with Crippen molar-refractivity contribution in [2.24, 2.45) is 0 Å². The molecule has 0 bridgehead atoms. The third kappa shape index (κ3) is 6.98. The zero-order valence-electron chi connectivity index (χ0n) is 16.7. The molecular formula is C20H24N4O5S. The Morgan fingerprint density at radius 2 is 1.40 bits per heavy atom. The lowest BCUT2D eigenvalue weighted by molar-refractivity contribution is -0.116. The van der Waals surface area contributed by atoms with E-state index in [-0.39, 0.29) is 35.7 Å². The van der Waals surface area contributed by atoms with E-state index in [0.29, 0.717) is 23.4 Å². The second-order valence-corrected chi connectivity index (χ2v) is 8.11. The number of nitrogens with one attached hydrogen (secondary N) is 4. The fourth-order valence-corrected chi connectivity index (χ4v) is 3.45. The molecule has 0 aliphatic rings. The van der Waals surface area contributed by atoms with E-state index in [2.05, 4.69) is 20.7 Å². The van der Waals surface area contributed by atoms with Crippen LogP contribution in [-0.4, -0.2) is 39.2 Å². The average molecular weight is 433 g/mol. The number of rotatable bonds is 9. The minimum atomic E-state index is -3.74. The number of carbonyl (C=O) groups is 3. The molecule has 0 aromatic heterocycles. The Morgan fingerprint density at radius 3 is 1.97 bits per heavy atom. The first-order valence-corrected chi connectivity index (χ1v) is 10.7. The number of hydrogen-bond donors (Lipinski definition) is 4. The number of carbonyl (C=O) groups excluding carboxylic acids is 3. The van der Waals surface area contributed by atoms with Gasteiger partial charge in [0.2, 0.25) is 21.8 Å². The van der Waals surface area contributed by atoms with E-state index < -0.39 is 10.0 Å². The van der Waals surface area contributed by atoms with Crippen molar-refractivity contribution in [2.75, 3.05) is 23.7 Å². The number of hydrogen-bond acceptors (Lipinski definition) is 5. The molecule has 0 aliphatic carbocycles. The number of amides is 3. The molecule has 0 radical (unpaired) electrons. The largest absolute Gasteiger partial charge is 0.351 e. The van der Waals surface area contributed by atoms with E-state index in [1.165, 1.54) is 31.2 Å². The number of benzene rings is 2. The molecule has 0 spiro atoms. The molecule has 0 atom stereocenters. The van der Waals surface area contributed by atoms with Crippen LogP contribution in [0.4, 0.5) is 11.4 Å². The Balaban J connectivity index is 1.82. The second kappa shape index (κ2) is 10.5. The van der Waals surface area contributed by atoms with E-state index in [9.17, 15) is 22.8 Å². The monoisotopic (exact) mass is 432 g/mol. The summed E-state index contributed by atoms with van der Waals surface area (Å²) in [6, 6.07) is 12.1. The average Bonchev–Trinajstić information content (AvgIpc) is 2.71. The van der Waals surface area contributed by atoms with Gasteiger partial charge in [-0.1, -0.05) is 6.92 Å². The lowest BCUT2D eigenvalue weighted by Gasteiger charge is -2.09. The van der Waals surface area contributed by atoms with Crippen LogP contribution in [0.1, 0.15) is 30.6 Å². The molecule has 10 heteroatoms. The maximum atomic E-state index is 12.3. The van der Waals surface area contributed by atoms with Crippen molar-refractivity contribution in [2.45, 2.75) is 25.2 Å². The molecule has 0 heterocycles. The molecule has 2 rings (SSSR count). The lowest BCUT2D eigenvalue weighted by Crippen LogP contribution is -2.34. The molecule has 160 valence electrons. The van der Waals surface area contributed by atoms with Gasteiger partial charge in [-0.2, -0.15) is 0 Å². The van der Waals surface area contributed by atoms with E-state index in [4.69, 9.17) is 0 Å². The molecule has 2 aromatic rings. The number of sulfonamides is 1. The molecule has 4 N–H and O–H groups in total. The van der Waals surface area contributed by atoms with Crippen LogP contribution in [-0.2, 0) is 19.6 Å². The summed E-state index contributed by atoms with van der Waals surface area (Å²) in [6.45, 7) is 3.20. The SMILES string of the molecule is CCC(=O)Nc1ccc(C(=O)NCCNS(=O)(=O)c2ccc(NC(C)=O)cc2)cc1. The Morgan fingerprint density at radius 1 is 0.833 bits per heavy atom. The normalized spacial score (nSPS) is 10.9. The Hall–Kier alpha value is -3.24. The molecule has 0 aliphatic heterocycles. The molecule has 0 saturated heterocycles. The third-order valence-corrected chi connectivity index (χ3v) is 5.42. The van der Waals surface area contributed by atoms with Gasteiger partial charge in [-0.05, 0) is 48.5 Å². The maximum Gasteiger partial charge on any atom is 0.251 e. The summed E-state index contributed by atoms with van der Waals surface area (Å²) in [4.78, 5) is 34.6. The zero-order chi connectivity index (χ0) is 22.1. The van der Waals surface area contributed by atoms with Crippen LogP contribution in [0.2, 0.25) is 0 Å². The minimum Gasteiger partial charge on any atom is -0.351 e. The standard InChI is InChI=1S/C20H24N4O5S/c1-3-19(26)24-17-6-4-15(5-7-17)20(27)21-12-13-22-30(28,29)18-10-8-16(9-11-18)23-14(2)25/h4-11,22H,3,12-13H2,1-2H3,(H,21,27)(H,23,25)(H,24,26). The maximum absolute atomic E-state index is 12.3. The van der Waals surface area contributed by atoms with Gasteiger partial charge in [0.05, 0.1) is 4.90 Å². The first kappa shape index (κ1) is 23.0. The van der Waals surface area contributed by atoms with E-state index in [1.54, 1.807) is 31.2 Å². The molecule has 0 unspecified atom stereocenters. The van der Waals surface area contributed by atoms with Gasteiger partial charge in [0.1, 0.15) is 0 Å². The van der Waals surface area contributed by atoms with Crippen molar-refractivity contribution in [3.05, 3.63) is 54.1 Å². The Bertz CT molecular complexity index is 1000. The van der Waals surface area contributed by atoms with Crippen molar-refractivity contribution in [3.63, 3.8) is 0 Å². The van der Waals surface area contributed by atoms with E-state index in [1.807, 2.05) is 0 Å². The van der Waals surface area contributed by atoms with Crippen LogP contribution in [0.15, 0.2) is 53.4 Å². The molecular weight excluding hydrogens is 408 g/mol. The Kier molecular flexibility index (Phi) is 8.07. The van der Waals surface area contributed by atoms with Gasteiger partial charge in [0.25, 0.3) is 5.91 Å². The summed E-state index contributed by atoms with van der Waals surface area (Å²) in [5.41, 5.74) is 1.48. The van der Waals surface area contributed by atoms with Crippen LogP contribution in [0.5, 0.6) is 0 Å². The lowest BCUT2D eigenvalue weighted by atomic mass is 10.2. The highest BCUT2D eigenvalue weighted by Gasteiger charge is 2.14. The molecule has 2 aromatic carbocycles. The zero-order valence-corrected chi connectivity index (χ0v) is 17.5. The quantitative estimate of drug-likeness (QED) is 0.448. The van der Waals surface area contributed by atoms with Crippen molar-refractivity contribution >= 4 is 39.1 Å². The van der Waals surface area contributed by atoms with Gasteiger partial charge in [-0.15, -0.1) is 0 Å². The predicted octanol–water partition coefficient (Wildman–Crippen LogP) is 1.70. The first-order chi connectivity index (χ1) is 14.2. The van der Waals surface area contributed by atoms with Crippen LogP contribution in [0, 0.1) is 0 Å². The second-order valence-electron chi connectivity index (χ2n) is 6.34. The molecule has 3 amide bonds. The van der Waals surface area contributed by atoms with Crippen LogP contribution in [0.3, 0.4) is 0 Å². The van der Waals surface area contributed by atoms with Gasteiger partial charge < -0.3 is 16.0 Å². The summed E-state index contributed by atoms with van der Waals surface area (Å²) in [7, 11) is -3.74. The van der Waals surface area contributed by atoms with Crippen molar-refractivity contribution in [3.8, 4) is 0 Å². The number of anilines is 2. The fourth-order valence-electron chi connectivity index (χ4n) is 2.42. The third-order valence-electron chi connectivity index (χ3n) is 3.94. The molecule has 0 fully saturated rings. The summed E-state index contributed by atoms with van der Waals surface area (Å²) in [5.74, 6) is -0.730. The van der Waals surface area contributed by atoms with Gasteiger partial charge in [-0.25, -0.2) is 13.1 Å². The van der Waals surface area contributed by atoms with Gasteiger partial charge in [0, 0.05) is 43.4 Å². The van der Waals surface area contributed by atoms with Crippen LogP contribution < -0.4 is 20.7 Å². The topological polar surface area (TPSA) is 133 Å². The van der Waals surface area contributed by atoms with Crippen LogP contribution in [0.25, 0.3) is 0 Å². The predicted molar refractivity (Wildman–Crippen MR) is 114 cm³/mol. The highest BCUT2D eigenvalue weighted by atomic mass is 32.2. The first-order valence-electron chi connectivity index (χ1n) is 9.26. The Labute approximate surface area is 175 Å². The fraction of sp³-hybridized carbons (Fsp3) is 0.250. The van der Waals surface area contributed by atoms with Gasteiger partial charge in [0.15, 0.2) is 0 Å². The summed E-state index contributed by atoms with van der Waals surface area (Å²) >= 11 is 0. The highest BCUT2D eigenvalue weighted by Crippen LogP contribution is 2.14. The highest BCUT2D eigenvalue weighted by molar-refractivity contribution is 7.89. The molecule has 30 heavy (non-hydrogen) atoms. The van der Waals surface area contributed by atoms with E-state index >= 15 is 0 Å². The van der Waals surface area contributed by atoms with Crippen LogP contribution >= 0.6 is 0 Å². The summed E-state index contributed by atoms with van der Waals surface area (Å²) in [6.07, 6.45) is 0.359. The summed E-state index contributed by atoms with van der Waals surface area (Å²) in [5, 5.41) is 7.87. The molecule has 9 nitrogen and oxygen atoms in total. The van der Waals surface area contributed by atoms with Gasteiger partial charge in [-0.3, -0.25) is 14.4 Å². The smallest absolute Gasteiger partial charge is 0.251 e. The molecule has 0 saturated carbocycles. The summed E-state index contributed by atoms with van der Waals surface area (Å²) < 4.78 is 27.0. The van der Waals surface area contributed by atoms with Crippen molar-refractivity contribution < 1.29 is 22.8 Å².